The molecule has 86 valence electrons. The van der Waals surface area contributed by atoms with E-state index in [4.69, 9.17) is 4.42 Å². The second-order valence-electron chi connectivity index (χ2n) is 4.53. The Hall–Kier alpha value is -1.44. The van der Waals surface area contributed by atoms with Gasteiger partial charge in [0, 0.05) is 17.0 Å². The van der Waals surface area contributed by atoms with Gasteiger partial charge in [0.1, 0.15) is 11.5 Å². The van der Waals surface area contributed by atoms with Crippen LogP contribution in [0.3, 0.4) is 0 Å². The van der Waals surface area contributed by atoms with Crippen molar-refractivity contribution in [1.29, 1.82) is 0 Å². The van der Waals surface area contributed by atoms with Crippen LogP contribution in [-0.4, -0.2) is 4.57 Å². The Labute approximate surface area is 96.9 Å². The van der Waals surface area contributed by atoms with Gasteiger partial charge in [0.25, 0.3) is 0 Å². The SMILES string of the molecule is Cc1cc(C(C)n2c(C)ccc2C)c(C)o1. The molecule has 0 aromatic carbocycles. The summed E-state index contributed by atoms with van der Waals surface area (Å²) in [6.45, 7) is 10.5. The van der Waals surface area contributed by atoms with Crippen LogP contribution in [0.15, 0.2) is 22.6 Å². The molecule has 0 spiro atoms. The van der Waals surface area contributed by atoms with Gasteiger partial charge in [0.15, 0.2) is 0 Å². The van der Waals surface area contributed by atoms with E-state index in [-0.39, 0.29) is 0 Å². The summed E-state index contributed by atoms with van der Waals surface area (Å²) in [6.07, 6.45) is 0. The number of aromatic nitrogens is 1. The molecule has 2 aromatic heterocycles. The Bertz CT molecular complexity index is 485. The predicted molar refractivity (Wildman–Crippen MR) is 65.9 cm³/mol. The lowest BCUT2D eigenvalue weighted by Crippen LogP contribution is -2.10. The maximum absolute atomic E-state index is 5.60. The van der Waals surface area contributed by atoms with E-state index in [2.05, 4.69) is 43.5 Å². The zero-order valence-corrected chi connectivity index (χ0v) is 10.7. The summed E-state index contributed by atoms with van der Waals surface area (Å²) in [6, 6.07) is 6.80. The quantitative estimate of drug-likeness (QED) is 0.745. The van der Waals surface area contributed by atoms with Gasteiger partial charge in [-0.25, -0.2) is 0 Å². The minimum Gasteiger partial charge on any atom is -0.466 e. The van der Waals surface area contributed by atoms with Crippen molar-refractivity contribution < 1.29 is 4.42 Å². The summed E-state index contributed by atoms with van der Waals surface area (Å²) in [5, 5.41) is 0. The summed E-state index contributed by atoms with van der Waals surface area (Å²) in [5.74, 6) is 2.01. The molecule has 0 saturated heterocycles. The van der Waals surface area contributed by atoms with Crippen molar-refractivity contribution in [3.05, 3.63) is 46.7 Å². The number of hydrogen-bond acceptors (Lipinski definition) is 1. The van der Waals surface area contributed by atoms with E-state index in [0.717, 1.165) is 11.5 Å². The van der Waals surface area contributed by atoms with Gasteiger partial charge in [0.05, 0.1) is 6.04 Å². The molecule has 1 atom stereocenters. The monoisotopic (exact) mass is 217 g/mol. The molecular formula is C14H19NO. The number of hydrogen-bond donors (Lipinski definition) is 0. The zero-order chi connectivity index (χ0) is 11.9. The van der Waals surface area contributed by atoms with Gasteiger partial charge in [0.2, 0.25) is 0 Å². The molecule has 2 aromatic rings. The number of nitrogens with zero attached hydrogens (tertiary/aromatic N) is 1. The summed E-state index contributed by atoms with van der Waals surface area (Å²) < 4.78 is 7.94. The summed E-state index contributed by atoms with van der Waals surface area (Å²) in [5.41, 5.74) is 3.87. The van der Waals surface area contributed by atoms with E-state index < -0.39 is 0 Å². The van der Waals surface area contributed by atoms with Gasteiger partial charge in [-0.05, 0) is 52.8 Å². The Kier molecular flexibility index (Phi) is 2.66. The molecular weight excluding hydrogens is 198 g/mol. The Morgan fingerprint density at radius 1 is 1.06 bits per heavy atom. The van der Waals surface area contributed by atoms with Gasteiger partial charge in [-0.3, -0.25) is 0 Å². The van der Waals surface area contributed by atoms with Crippen molar-refractivity contribution in [2.24, 2.45) is 0 Å². The van der Waals surface area contributed by atoms with Gasteiger partial charge < -0.3 is 8.98 Å². The maximum atomic E-state index is 5.60. The average Bonchev–Trinajstić information content (AvgIpc) is 2.70. The second kappa shape index (κ2) is 3.85. The van der Waals surface area contributed by atoms with E-state index in [1.807, 2.05) is 13.8 Å². The molecule has 0 N–H and O–H groups in total. The van der Waals surface area contributed by atoms with Gasteiger partial charge in [-0.1, -0.05) is 0 Å². The van der Waals surface area contributed by atoms with E-state index in [9.17, 15) is 0 Å². The fraction of sp³-hybridized carbons (Fsp3) is 0.429. The fourth-order valence-electron chi connectivity index (χ4n) is 2.50. The first kappa shape index (κ1) is 11.1. The molecule has 1 unspecified atom stereocenters. The standard InChI is InChI=1S/C14H19NO/c1-9-6-7-10(2)15(9)12(4)14-8-11(3)16-13(14)5/h6-8,12H,1-5H3. The summed E-state index contributed by atoms with van der Waals surface area (Å²) >= 11 is 0. The highest BCUT2D eigenvalue weighted by molar-refractivity contribution is 5.27. The molecule has 2 rings (SSSR count). The largest absolute Gasteiger partial charge is 0.466 e. The first-order valence-corrected chi connectivity index (χ1v) is 5.72. The Morgan fingerprint density at radius 3 is 2.06 bits per heavy atom. The molecule has 0 fully saturated rings. The summed E-state index contributed by atoms with van der Waals surface area (Å²) in [7, 11) is 0. The van der Waals surface area contributed by atoms with Crippen LogP contribution in [-0.2, 0) is 0 Å². The molecule has 16 heavy (non-hydrogen) atoms. The highest BCUT2D eigenvalue weighted by atomic mass is 16.3. The molecule has 2 nitrogen and oxygen atoms in total. The highest BCUT2D eigenvalue weighted by Crippen LogP contribution is 2.27. The van der Waals surface area contributed by atoms with E-state index >= 15 is 0 Å². The lowest BCUT2D eigenvalue weighted by molar-refractivity contribution is 0.493. The molecule has 0 aliphatic rings. The van der Waals surface area contributed by atoms with E-state index in [1.165, 1.54) is 17.0 Å². The molecule has 0 radical (unpaired) electrons. The third kappa shape index (κ3) is 1.69. The molecule has 0 aliphatic heterocycles. The maximum Gasteiger partial charge on any atom is 0.106 e. The third-order valence-corrected chi connectivity index (χ3v) is 3.24. The van der Waals surface area contributed by atoms with Crippen LogP contribution in [0.4, 0.5) is 0 Å². The van der Waals surface area contributed by atoms with Crippen LogP contribution in [0.2, 0.25) is 0 Å². The Morgan fingerprint density at radius 2 is 1.62 bits per heavy atom. The van der Waals surface area contributed by atoms with Gasteiger partial charge >= 0.3 is 0 Å². The van der Waals surface area contributed by atoms with Gasteiger partial charge in [-0.2, -0.15) is 0 Å². The highest BCUT2D eigenvalue weighted by Gasteiger charge is 2.16. The fourth-order valence-corrected chi connectivity index (χ4v) is 2.50. The minimum absolute atomic E-state index is 0.340. The molecule has 2 heteroatoms. The first-order chi connectivity index (χ1) is 7.50. The Balaban J connectivity index is 2.46. The van der Waals surface area contributed by atoms with Crippen LogP contribution in [0.5, 0.6) is 0 Å². The van der Waals surface area contributed by atoms with Crippen LogP contribution in [0.25, 0.3) is 0 Å². The van der Waals surface area contributed by atoms with Crippen molar-refractivity contribution in [3.63, 3.8) is 0 Å². The van der Waals surface area contributed by atoms with Crippen molar-refractivity contribution in [2.75, 3.05) is 0 Å². The molecule has 0 aliphatic carbocycles. The van der Waals surface area contributed by atoms with Crippen LogP contribution in [0, 0.1) is 27.7 Å². The number of aryl methyl sites for hydroxylation is 4. The zero-order valence-electron chi connectivity index (χ0n) is 10.7. The lowest BCUT2D eigenvalue weighted by Gasteiger charge is -2.17. The lowest BCUT2D eigenvalue weighted by atomic mass is 10.1. The molecule has 2 heterocycles. The first-order valence-electron chi connectivity index (χ1n) is 5.72. The molecule has 0 bridgehead atoms. The predicted octanol–water partition coefficient (Wildman–Crippen LogP) is 3.92. The molecule has 0 saturated carbocycles. The second-order valence-corrected chi connectivity index (χ2v) is 4.53. The minimum atomic E-state index is 0.340. The third-order valence-electron chi connectivity index (χ3n) is 3.24. The van der Waals surface area contributed by atoms with Crippen molar-refractivity contribution in [2.45, 2.75) is 40.7 Å². The van der Waals surface area contributed by atoms with Gasteiger partial charge in [-0.15, -0.1) is 0 Å². The smallest absolute Gasteiger partial charge is 0.106 e. The van der Waals surface area contributed by atoms with Crippen LogP contribution >= 0.6 is 0 Å². The summed E-state index contributed by atoms with van der Waals surface area (Å²) in [4.78, 5) is 0. The average molecular weight is 217 g/mol. The van der Waals surface area contributed by atoms with Crippen LogP contribution < -0.4 is 0 Å². The van der Waals surface area contributed by atoms with Crippen molar-refractivity contribution in [1.82, 2.24) is 4.57 Å². The van der Waals surface area contributed by atoms with E-state index in [1.54, 1.807) is 0 Å². The molecule has 0 amide bonds. The number of rotatable bonds is 2. The van der Waals surface area contributed by atoms with E-state index in [0.29, 0.717) is 6.04 Å². The van der Waals surface area contributed by atoms with Crippen molar-refractivity contribution >= 4 is 0 Å². The topological polar surface area (TPSA) is 18.1 Å². The normalized spacial score (nSPS) is 13.1. The van der Waals surface area contributed by atoms with Crippen LogP contribution in [0.1, 0.15) is 41.4 Å². The number of furan rings is 1. The van der Waals surface area contributed by atoms with Crippen molar-refractivity contribution in [3.8, 4) is 0 Å².